The minimum absolute atomic E-state index is 0.186. The summed E-state index contributed by atoms with van der Waals surface area (Å²) in [6, 6.07) is 18.4. The van der Waals surface area contributed by atoms with Crippen LogP contribution in [0.15, 0.2) is 59.6 Å². The Kier molecular flexibility index (Phi) is 4.12. The van der Waals surface area contributed by atoms with E-state index in [2.05, 4.69) is 29.6 Å². The lowest BCUT2D eigenvalue weighted by Crippen LogP contribution is -2.47. The average molecular weight is 354 g/mol. The molecule has 2 aliphatic heterocycles. The van der Waals surface area contributed by atoms with Crippen LogP contribution in [0.3, 0.4) is 0 Å². The normalized spacial score (nSPS) is 22.3. The van der Waals surface area contributed by atoms with E-state index in [1.165, 1.54) is 5.56 Å². The molecule has 2 aliphatic rings. The molecule has 0 aromatic heterocycles. The molecule has 0 atom stereocenters. The summed E-state index contributed by atoms with van der Waals surface area (Å²) in [6.07, 6.45) is 2.15. The smallest absolute Gasteiger partial charge is 0.150 e. The highest BCUT2D eigenvalue weighted by Gasteiger charge is 2.44. The van der Waals surface area contributed by atoms with Crippen molar-refractivity contribution in [3.63, 3.8) is 0 Å². The molecule has 4 nitrogen and oxygen atoms in total. The van der Waals surface area contributed by atoms with E-state index in [0.717, 1.165) is 23.5 Å². The molecule has 1 saturated heterocycles. The Balaban J connectivity index is 1.68. The molecule has 0 saturated carbocycles. The van der Waals surface area contributed by atoms with Crippen molar-refractivity contribution in [1.82, 2.24) is 0 Å². The van der Waals surface area contributed by atoms with Crippen molar-refractivity contribution in [3.8, 4) is 0 Å². The van der Waals surface area contributed by atoms with Gasteiger partial charge in [0.1, 0.15) is 15.7 Å². The summed E-state index contributed by atoms with van der Waals surface area (Å²) in [7, 11) is -2.91. The highest BCUT2D eigenvalue weighted by molar-refractivity contribution is 7.91. The average Bonchev–Trinajstić information content (AvgIpc) is 2.63. The first kappa shape index (κ1) is 16.3. The Hall–Kier alpha value is -2.14. The van der Waals surface area contributed by atoms with E-state index in [1.54, 1.807) is 0 Å². The van der Waals surface area contributed by atoms with Gasteiger partial charge in [0.2, 0.25) is 0 Å². The molecule has 0 bridgehead atoms. The van der Waals surface area contributed by atoms with Crippen molar-refractivity contribution in [1.29, 1.82) is 0 Å². The van der Waals surface area contributed by atoms with Crippen molar-refractivity contribution in [2.24, 2.45) is 10.4 Å². The first-order valence-electron chi connectivity index (χ1n) is 8.71. The lowest BCUT2D eigenvalue weighted by atomic mass is 9.73. The topological polar surface area (TPSA) is 58.5 Å². The van der Waals surface area contributed by atoms with Gasteiger partial charge in [-0.05, 0) is 36.5 Å². The first-order chi connectivity index (χ1) is 12.1. The van der Waals surface area contributed by atoms with Gasteiger partial charge in [0.15, 0.2) is 0 Å². The second kappa shape index (κ2) is 6.30. The van der Waals surface area contributed by atoms with E-state index in [0.29, 0.717) is 19.4 Å². The maximum atomic E-state index is 11.9. The van der Waals surface area contributed by atoms with Crippen LogP contribution in [0.25, 0.3) is 0 Å². The number of anilines is 1. The maximum Gasteiger partial charge on any atom is 0.150 e. The second-order valence-corrected chi connectivity index (χ2v) is 9.35. The number of rotatable bonds is 2. The molecule has 0 aliphatic carbocycles. The second-order valence-electron chi connectivity index (χ2n) is 7.04. The van der Waals surface area contributed by atoms with E-state index in [9.17, 15) is 8.42 Å². The molecule has 0 amide bonds. The minimum Gasteiger partial charge on any atom is -0.343 e. The molecule has 0 radical (unpaired) electrons. The molecule has 2 aromatic rings. The van der Waals surface area contributed by atoms with Crippen molar-refractivity contribution in [3.05, 3.63) is 65.7 Å². The molecular formula is C20H22N2O2S. The van der Waals surface area contributed by atoms with E-state index in [1.807, 2.05) is 30.3 Å². The summed E-state index contributed by atoms with van der Waals surface area (Å²) in [5.74, 6) is 1.45. The predicted octanol–water partition coefficient (Wildman–Crippen LogP) is 3.45. The van der Waals surface area contributed by atoms with Crippen LogP contribution in [0, 0.1) is 5.41 Å². The van der Waals surface area contributed by atoms with Crippen LogP contribution < -0.4 is 5.32 Å². The molecule has 1 spiro atoms. The molecule has 0 unspecified atom stereocenters. The SMILES string of the molecule is O=S1(=O)CCC2(CC1)Cc1ccccc1NC2=NCc1ccccc1. The van der Waals surface area contributed by atoms with Crippen molar-refractivity contribution >= 4 is 21.4 Å². The quantitative estimate of drug-likeness (QED) is 0.899. The van der Waals surface area contributed by atoms with Crippen LogP contribution in [0.1, 0.15) is 24.0 Å². The van der Waals surface area contributed by atoms with E-state index < -0.39 is 9.84 Å². The fraction of sp³-hybridized carbons (Fsp3) is 0.350. The molecular weight excluding hydrogens is 332 g/mol. The van der Waals surface area contributed by atoms with Crippen molar-refractivity contribution in [2.75, 3.05) is 16.8 Å². The number of nitrogens with zero attached hydrogens (tertiary/aromatic N) is 1. The number of hydrogen-bond donors (Lipinski definition) is 1. The number of nitrogens with one attached hydrogen (secondary N) is 1. The van der Waals surface area contributed by atoms with Gasteiger partial charge in [0.05, 0.1) is 18.1 Å². The van der Waals surface area contributed by atoms with Gasteiger partial charge in [0.25, 0.3) is 0 Å². The number of sulfone groups is 1. The van der Waals surface area contributed by atoms with Crippen LogP contribution >= 0.6 is 0 Å². The highest BCUT2D eigenvalue weighted by atomic mass is 32.2. The van der Waals surface area contributed by atoms with Crippen molar-refractivity contribution in [2.45, 2.75) is 25.8 Å². The summed E-state index contributed by atoms with van der Waals surface area (Å²) in [6.45, 7) is 0.611. The first-order valence-corrected chi connectivity index (χ1v) is 10.5. The Morgan fingerprint density at radius 2 is 1.64 bits per heavy atom. The number of benzene rings is 2. The largest absolute Gasteiger partial charge is 0.343 e. The van der Waals surface area contributed by atoms with Gasteiger partial charge in [-0.2, -0.15) is 0 Å². The zero-order valence-electron chi connectivity index (χ0n) is 14.1. The monoisotopic (exact) mass is 354 g/mol. The van der Waals surface area contributed by atoms with Gasteiger partial charge < -0.3 is 5.32 Å². The van der Waals surface area contributed by atoms with Crippen LogP contribution in [0.4, 0.5) is 5.69 Å². The summed E-state index contributed by atoms with van der Waals surface area (Å²) in [4.78, 5) is 4.89. The highest BCUT2D eigenvalue weighted by Crippen LogP contribution is 2.42. The molecule has 1 fully saturated rings. The standard InChI is InChI=1S/C20H22N2O2S/c23-25(24)12-10-20(11-13-25)14-17-8-4-5-9-18(17)22-19(20)21-15-16-6-2-1-3-7-16/h1-9H,10-15H2,(H,21,22). The van der Waals surface area contributed by atoms with E-state index in [-0.39, 0.29) is 16.9 Å². The molecule has 130 valence electrons. The summed E-state index contributed by atoms with van der Waals surface area (Å²) < 4.78 is 23.9. The number of aliphatic imine (C=N–C) groups is 1. The predicted molar refractivity (Wildman–Crippen MR) is 102 cm³/mol. The van der Waals surface area contributed by atoms with Gasteiger partial charge >= 0.3 is 0 Å². The lowest BCUT2D eigenvalue weighted by molar-refractivity contribution is 0.365. The summed E-state index contributed by atoms with van der Waals surface area (Å²) in [5, 5.41) is 3.51. The zero-order chi connectivity index (χ0) is 17.3. The van der Waals surface area contributed by atoms with E-state index >= 15 is 0 Å². The Labute approximate surface area is 148 Å². The van der Waals surface area contributed by atoms with Gasteiger partial charge in [-0.1, -0.05) is 48.5 Å². The molecule has 1 N–H and O–H groups in total. The fourth-order valence-corrected chi connectivity index (χ4v) is 5.42. The van der Waals surface area contributed by atoms with Gasteiger partial charge in [-0.25, -0.2) is 8.42 Å². The Morgan fingerprint density at radius 1 is 0.960 bits per heavy atom. The number of amidine groups is 1. The molecule has 5 heteroatoms. The molecule has 4 rings (SSSR count). The third-order valence-electron chi connectivity index (χ3n) is 5.35. The van der Waals surface area contributed by atoms with Gasteiger partial charge in [-0.3, -0.25) is 4.99 Å². The molecule has 25 heavy (non-hydrogen) atoms. The summed E-state index contributed by atoms with van der Waals surface area (Å²) in [5.41, 5.74) is 3.32. The zero-order valence-corrected chi connectivity index (χ0v) is 14.9. The van der Waals surface area contributed by atoms with Crippen LogP contribution in [-0.4, -0.2) is 25.8 Å². The number of fused-ring (bicyclic) bond motifs is 1. The van der Waals surface area contributed by atoms with Gasteiger partial charge in [0, 0.05) is 11.1 Å². The minimum atomic E-state index is -2.91. The van der Waals surface area contributed by atoms with Crippen LogP contribution in [0.5, 0.6) is 0 Å². The fourth-order valence-electron chi connectivity index (χ4n) is 3.81. The number of para-hydroxylation sites is 1. The van der Waals surface area contributed by atoms with Crippen LogP contribution in [0.2, 0.25) is 0 Å². The maximum absolute atomic E-state index is 11.9. The van der Waals surface area contributed by atoms with Crippen LogP contribution in [-0.2, 0) is 22.8 Å². The number of hydrogen-bond acceptors (Lipinski definition) is 3. The van der Waals surface area contributed by atoms with E-state index in [4.69, 9.17) is 4.99 Å². The van der Waals surface area contributed by atoms with Crippen molar-refractivity contribution < 1.29 is 8.42 Å². The van der Waals surface area contributed by atoms with Gasteiger partial charge in [-0.15, -0.1) is 0 Å². The molecule has 2 heterocycles. The Morgan fingerprint density at radius 3 is 2.40 bits per heavy atom. The summed E-state index contributed by atoms with van der Waals surface area (Å²) >= 11 is 0. The molecule has 2 aromatic carbocycles. The Bertz CT molecular complexity index is 890. The third-order valence-corrected chi connectivity index (χ3v) is 7.00. The third kappa shape index (κ3) is 3.33. The lowest BCUT2D eigenvalue weighted by Gasteiger charge is -2.42.